The molecule has 2 rings (SSSR count). The van der Waals surface area contributed by atoms with Gasteiger partial charge in [-0.25, -0.2) is 4.79 Å². The first-order valence-electron chi connectivity index (χ1n) is 11.4. The Morgan fingerprint density at radius 1 is 0.829 bits per heavy atom. The van der Waals surface area contributed by atoms with Crippen molar-refractivity contribution in [2.24, 2.45) is 0 Å². The van der Waals surface area contributed by atoms with Gasteiger partial charge >= 0.3 is 5.97 Å². The van der Waals surface area contributed by atoms with Gasteiger partial charge in [-0.1, -0.05) is 41.2 Å². The maximum Gasteiger partial charge on any atom is 0.338 e. The molecule has 0 radical (unpaired) electrons. The van der Waals surface area contributed by atoms with E-state index in [0.29, 0.717) is 38.1 Å². The molecular weight excluding hydrogens is 512 g/mol. The van der Waals surface area contributed by atoms with Crippen molar-refractivity contribution in [3.63, 3.8) is 0 Å². The van der Waals surface area contributed by atoms with Crippen LogP contribution in [0, 0.1) is 0 Å². The summed E-state index contributed by atoms with van der Waals surface area (Å²) in [6.45, 7) is 8.70. The van der Waals surface area contributed by atoms with Crippen LogP contribution in [0.2, 0.25) is 0 Å². The number of nitrogens with one attached hydrogen (secondary N) is 2. The Labute approximate surface area is 214 Å². The number of rotatable bonds is 15. The van der Waals surface area contributed by atoms with Gasteiger partial charge in [-0.2, -0.15) is 0 Å². The van der Waals surface area contributed by atoms with Crippen LogP contribution in [0.5, 0.6) is 5.75 Å². The molecule has 7 nitrogen and oxygen atoms in total. The first kappa shape index (κ1) is 27.9. The Balaban J connectivity index is 1.86. The normalized spacial score (nSPS) is 10.2. The van der Waals surface area contributed by atoms with Crippen molar-refractivity contribution >= 4 is 33.7 Å². The van der Waals surface area contributed by atoms with Crippen LogP contribution in [0.4, 0.5) is 0 Å². The number of carbonyl (C=O) groups is 3. The highest BCUT2D eigenvalue weighted by atomic mass is 79.9. The molecule has 0 saturated heterocycles. The molecule has 0 aliphatic heterocycles. The minimum Gasteiger partial charge on any atom is -0.493 e. The first-order chi connectivity index (χ1) is 16.9. The molecule has 186 valence electrons. The second-order valence-corrected chi connectivity index (χ2v) is 8.52. The number of ether oxygens (including phenoxy) is 2. The van der Waals surface area contributed by atoms with E-state index in [0.717, 1.165) is 34.2 Å². The number of benzene rings is 2. The topological polar surface area (TPSA) is 93.7 Å². The maximum atomic E-state index is 12.3. The van der Waals surface area contributed by atoms with Crippen molar-refractivity contribution in [2.45, 2.75) is 25.7 Å². The summed E-state index contributed by atoms with van der Waals surface area (Å²) in [5.74, 6) is -0.0479. The summed E-state index contributed by atoms with van der Waals surface area (Å²) in [4.78, 5) is 34.6. The van der Waals surface area contributed by atoms with Gasteiger partial charge in [0, 0.05) is 23.1 Å². The number of carbonyl (C=O) groups excluding carboxylic acids is 3. The average Bonchev–Trinajstić information content (AvgIpc) is 2.87. The zero-order chi connectivity index (χ0) is 25.5. The standard InChI is InChI=1S/C27H31BrN2O5/c1-3-25(31)29-15-5-7-17-34-24-19-22(28)13-14-23(24)20-9-11-21(12-10-20)27(33)35-18-8-6-16-30-26(32)4-2/h3-4,9-14,19H,1-2,5-8,15-18H2,(H,29,31)(H,30,32). The zero-order valence-electron chi connectivity index (χ0n) is 19.7. The van der Waals surface area contributed by atoms with Crippen LogP contribution >= 0.6 is 15.9 Å². The van der Waals surface area contributed by atoms with Gasteiger partial charge in [0.25, 0.3) is 0 Å². The fraction of sp³-hybridized carbons (Fsp3) is 0.296. The molecule has 35 heavy (non-hydrogen) atoms. The Morgan fingerprint density at radius 2 is 1.43 bits per heavy atom. The summed E-state index contributed by atoms with van der Waals surface area (Å²) in [7, 11) is 0. The van der Waals surface area contributed by atoms with E-state index in [4.69, 9.17) is 9.47 Å². The lowest BCUT2D eigenvalue weighted by Gasteiger charge is -2.13. The number of halogens is 1. The number of unbranched alkanes of at least 4 members (excludes halogenated alkanes) is 2. The molecule has 0 fully saturated rings. The molecule has 0 atom stereocenters. The molecule has 0 bridgehead atoms. The monoisotopic (exact) mass is 542 g/mol. The van der Waals surface area contributed by atoms with Gasteiger partial charge in [0.05, 0.1) is 18.8 Å². The SMILES string of the molecule is C=CC(=O)NCCCCOC(=O)c1ccc(-c2ccc(Br)cc2OCCCCNC(=O)C=C)cc1. The van der Waals surface area contributed by atoms with Crippen LogP contribution < -0.4 is 15.4 Å². The molecule has 0 aromatic heterocycles. The van der Waals surface area contributed by atoms with E-state index in [1.54, 1.807) is 12.1 Å². The van der Waals surface area contributed by atoms with E-state index in [1.807, 2.05) is 30.3 Å². The lowest BCUT2D eigenvalue weighted by Crippen LogP contribution is -2.22. The predicted molar refractivity (Wildman–Crippen MR) is 140 cm³/mol. The van der Waals surface area contributed by atoms with E-state index in [-0.39, 0.29) is 24.4 Å². The molecule has 0 heterocycles. The second-order valence-electron chi connectivity index (χ2n) is 7.61. The number of esters is 1. The summed E-state index contributed by atoms with van der Waals surface area (Å²) in [5.41, 5.74) is 2.30. The molecule has 2 aromatic carbocycles. The maximum absolute atomic E-state index is 12.3. The van der Waals surface area contributed by atoms with Crippen molar-refractivity contribution in [1.29, 1.82) is 0 Å². The summed E-state index contributed by atoms with van der Waals surface area (Å²) in [6, 6.07) is 13.0. The van der Waals surface area contributed by atoms with Crippen LogP contribution in [0.1, 0.15) is 36.0 Å². The fourth-order valence-electron chi connectivity index (χ4n) is 3.09. The molecule has 0 spiro atoms. The Bertz CT molecular complexity index is 1020. The molecule has 0 aliphatic carbocycles. The van der Waals surface area contributed by atoms with Gasteiger partial charge in [-0.3, -0.25) is 9.59 Å². The molecule has 0 aliphatic rings. The largest absolute Gasteiger partial charge is 0.493 e. The Kier molecular flexibility index (Phi) is 12.3. The van der Waals surface area contributed by atoms with E-state index in [1.165, 1.54) is 12.2 Å². The smallest absolute Gasteiger partial charge is 0.338 e. The van der Waals surface area contributed by atoms with Gasteiger partial charge in [0.1, 0.15) is 5.75 Å². The van der Waals surface area contributed by atoms with Crippen molar-refractivity contribution < 1.29 is 23.9 Å². The summed E-state index contributed by atoms with van der Waals surface area (Å²) in [5, 5.41) is 5.42. The minimum atomic E-state index is -0.387. The van der Waals surface area contributed by atoms with E-state index < -0.39 is 0 Å². The zero-order valence-corrected chi connectivity index (χ0v) is 21.3. The van der Waals surface area contributed by atoms with Crippen molar-refractivity contribution in [2.75, 3.05) is 26.3 Å². The van der Waals surface area contributed by atoms with Crippen molar-refractivity contribution in [3.8, 4) is 16.9 Å². The Hall–Kier alpha value is -3.39. The third kappa shape index (κ3) is 10.2. The molecule has 2 aromatic rings. The Morgan fingerprint density at radius 3 is 2.03 bits per heavy atom. The number of hydrogen-bond acceptors (Lipinski definition) is 5. The van der Waals surface area contributed by atoms with Crippen LogP contribution in [0.15, 0.2) is 72.2 Å². The van der Waals surface area contributed by atoms with Crippen LogP contribution in [-0.4, -0.2) is 44.1 Å². The van der Waals surface area contributed by atoms with Crippen LogP contribution in [0.25, 0.3) is 11.1 Å². The molecule has 8 heteroatoms. The van der Waals surface area contributed by atoms with Gasteiger partial charge in [0.2, 0.25) is 11.8 Å². The fourth-order valence-corrected chi connectivity index (χ4v) is 3.43. The highest BCUT2D eigenvalue weighted by Gasteiger charge is 2.11. The van der Waals surface area contributed by atoms with Crippen LogP contribution in [-0.2, 0) is 14.3 Å². The summed E-state index contributed by atoms with van der Waals surface area (Å²) >= 11 is 3.48. The lowest BCUT2D eigenvalue weighted by molar-refractivity contribution is -0.117. The summed E-state index contributed by atoms with van der Waals surface area (Å²) in [6.07, 6.45) is 5.42. The van der Waals surface area contributed by atoms with E-state index in [9.17, 15) is 14.4 Å². The third-order valence-corrected chi connectivity index (χ3v) is 5.47. The van der Waals surface area contributed by atoms with E-state index >= 15 is 0 Å². The van der Waals surface area contributed by atoms with Crippen molar-refractivity contribution in [3.05, 3.63) is 77.8 Å². The van der Waals surface area contributed by atoms with Gasteiger partial charge in [-0.05, 0) is 73.7 Å². The van der Waals surface area contributed by atoms with E-state index in [2.05, 4.69) is 39.7 Å². The average molecular weight is 543 g/mol. The minimum absolute atomic E-state index is 0.179. The molecule has 2 amide bonds. The molecule has 0 saturated carbocycles. The van der Waals surface area contributed by atoms with Gasteiger partial charge < -0.3 is 20.1 Å². The second kappa shape index (κ2) is 15.5. The quantitative estimate of drug-likeness (QED) is 0.191. The first-order valence-corrected chi connectivity index (χ1v) is 12.2. The summed E-state index contributed by atoms with van der Waals surface area (Å²) < 4.78 is 12.2. The molecule has 0 unspecified atom stereocenters. The molecule has 2 N–H and O–H groups in total. The number of amides is 2. The lowest BCUT2D eigenvalue weighted by atomic mass is 10.0. The van der Waals surface area contributed by atoms with Crippen molar-refractivity contribution in [1.82, 2.24) is 10.6 Å². The van der Waals surface area contributed by atoms with Gasteiger partial charge in [-0.15, -0.1) is 0 Å². The van der Waals surface area contributed by atoms with Gasteiger partial charge in [0.15, 0.2) is 0 Å². The highest BCUT2D eigenvalue weighted by molar-refractivity contribution is 9.10. The predicted octanol–water partition coefficient (Wildman–Crippen LogP) is 4.82. The van der Waals surface area contributed by atoms with Crippen LogP contribution in [0.3, 0.4) is 0 Å². The highest BCUT2D eigenvalue weighted by Crippen LogP contribution is 2.33. The third-order valence-electron chi connectivity index (χ3n) is 4.98. The number of hydrogen-bond donors (Lipinski definition) is 2. The molecular formula is C27H31BrN2O5.